The zero-order valence-corrected chi connectivity index (χ0v) is 18.2. The summed E-state index contributed by atoms with van der Waals surface area (Å²) in [7, 11) is 3.14. The predicted octanol–water partition coefficient (Wildman–Crippen LogP) is 4.93. The van der Waals surface area contributed by atoms with Crippen LogP contribution in [0.1, 0.15) is 10.4 Å². The van der Waals surface area contributed by atoms with E-state index in [9.17, 15) is 14.9 Å². The number of carbonyl (C=O) groups is 1. The van der Waals surface area contributed by atoms with Crippen LogP contribution in [-0.2, 0) is 0 Å². The number of thioether (sulfide) groups is 1. The summed E-state index contributed by atoms with van der Waals surface area (Å²) in [6.07, 6.45) is 0. The first kappa shape index (κ1) is 21.4. The second-order valence-corrected chi connectivity index (χ2v) is 7.71. The summed E-state index contributed by atoms with van der Waals surface area (Å²) in [4.78, 5) is 28.1. The molecule has 1 heterocycles. The molecule has 0 aliphatic heterocycles. The molecule has 0 N–H and O–H groups in total. The van der Waals surface area contributed by atoms with Gasteiger partial charge in [-0.05, 0) is 42.5 Å². The maximum absolute atomic E-state index is 12.7. The smallest absolute Gasteiger partial charge is 0.271 e. The maximum atomic E-state index is 12.7. The van der Waals surface area contributed by atoms with Gasteiger partial charge in [0, 0.05) is 17.7 Å². The maximum Gasteiger partial charge on any atom is 0.271 e. The van der Waals surface area contributed by atoms with Crippen molar-refractivity contribution in [3.63, 3.8) is 0 Å². The number of para-hydroxylation sites is 2. The third-order valence-electron chi connectivity index (χ3n) is 4.89. The van der Waals surface area contributed by atoms with Crippen LogP contribution in [0.25, 0.3) is 16.7 Å². The number of nitrogens with zero attached hydrogens (tertiary/aromatic N) is 3. The van der Waals surface area contributed by atoms with E-state index in [0.717, 1.165) is 5.69 Å². The lowest BCUT2D eigenvalue weighted by molar-refractivity contribution is -0.384. The van der Waals surface area contributed by atoms with Crippen LogP contribution in [0.4, 0.5) is 5.69 Å². The molecular formula is C23H19N3O5S. The molecule has 0 unspecified atom stereocenters. The highest BCUT2D eigenvalue weighted by Crippen LogP contribution is 2.34. The normalized spacial score (nSPS) is 10.8. The van der Waals surface area contributed by atoms with Crippen molar-refractivity contribution in [2.75, 3.05) is 20.0 Å². The van der Waals surface area contributed by atoms with Gasteiger partial charge in [-0.2, -0.15) is 0 Å². The fraction of sp³-hybridized carbons (Fsp3) is 0.130. The van der Waals surface area contributed by atoms with Crippen molar-refractivity contribution in [3.05, 3.63) is 82.4 Å². The van der Waals surface area contributed by atoms with Crippen molar-refractivity contribution in [1.82, 2.24) is 9.55 Å². The second kappa shape index (κ2) is 9.11. The molecule has 32 heavy (non-hydrogen) atoms. The number of fused-ring (bicyclic) bond motifs is 1. The minimum Gasteiger partial charge on any atom is -0.497 e. The summed E-state index contributed by atoms with van der Waals surface area (Å²) in [5.41, 5.74) is 2.39. The van der Waals surface area contributed by atoms with E-state index >= 15 is 0 Å². The van der Waals surface area contributed by atoms with Crippen LogP contribution in [0.2, 0.25) is 0 Å². The van der Waals surface area contributed by atoms with E-state index in [1.807, 2.05) is 28.8 Å². The number of ether oxygens (including phenoxy) is 2. The van der Waals surface area contributed by atoms with Gasteiger partial charge in [-0.3, -0.25) is 19.5 Å². The number of Topliss-reactive ketones (excluding diaryl/α,β-unsaturated/α-hetero) is 1. The highest BCUT2D eigenvalue weighted by Gasteiger charge is 2.19. The Hall–Kier alpha value is -3.85. The molecule has 0 atom stereocenters. The lowest BCUT2D eigenvalue weighted by Crippen LogP contribution is -2.05. The van der Waals surface area contributed by atoms with Crippen molar-refractivity contribution in [2.45, 2.75) is 5.16 Å². The van der Waals surface area contributed by atoms with Crippen LogP contribution >= 0.6 is 11.8 Å². The first-order valence-electron chi connectivity index (χ1n) is 9.62. The van der Waals surface area contributed by atoms with Gasteiger partial charge in [0.15, 0.2) is 10.9 Å². The number of benzene rings is 3. The molecule has 9 heteroatoms. The first-order valence-corrected chi connectivity index (χ1v) is 10.6. The fourth-order valence-corrected chi connectivity index (χ4v) is 4.21. The van der Waals surface area contributed by atoms with Gasteiger partial charge >= 0.3 is 0 Å². The average molecular weight is 449 g/mol. The molecule has 0 saturated carbocycles. The monoisotopic (exact) mass is 449 g/mol. The Labute approximate surface area is 187 Å². The molecule has 0 saturated heterocycles. The van der Waals surface area contributed by atoms with Crippen molar-refractivity contribution >= 4 is 34.3 Å². The number of hydrogen-bond acceptors (Lipinski definition) is 7. The third kappa shape index (κ3) is 4.15. The van der Waals surface area contributed by atoms with Crippen LogP contribution in [0, 0.1) is 10.1 Å². The van der Waals surface area contributed by atoms with E-state index in [2.05, 4.69) is 4.98 Å². The van der Waals surface area contributed by atoms with Crippen LogP contribution in [-0.4, -0.2) is 40.2 Å². The molecule has 3 aromatic carbocycles. The van der Waals surface area contributed by atoms with Gasteiger partial charge in [0.1, 0.15) is 11.5 Å². The second-order valence-electron chi connectivity index (χ2n) is 6.77. The molecule has 0 radical (unpaired) electrons. The van der Waals surface area contributed by atoms with E-state index in [-0.39, 0.29) is 17.2 Å². The molecule has 8 nitrogen and oxygen atoms in total. The molecule has 4 rings (SSSR count). The van der Waals surface area contributed by atoms with Crippen molar-refractivity contribution in [3.8, 4) is 17.2 Å². The molecule has 0 fully saturated rings. The van der Waals surface area contributed by atoms with E-state index in [4.69, 9.17) is 9.47 Å². The zero-order chi connectivity index (χ0) is 22.7. The number of carbonyl (C=O) groups excluding carboxylic acids is 1. The number of methoxy groups -OCH3 is 2. The summed E-state index contributed by atoms with van der Waals surface area (Å²) in [5, 5.41) is 11.8. The Morgan fingerprint density at radius 1 is 1.06 bits per heavy atom. The summed E-state index contributed by atoms with van der Waals surface area (Å²) in [5.74, 6) is 1.37. The fourth-order valence-electron chi connectivity index (χ4n) is 3.29. The lowest BCUT2D eigenvalue weighted by Gasteiger charge is -2.12. The Kier molecular flexibility index (Phi) is 6.09. The Morgan fingerprint density at radius 2 is 1.81 bits per heavy atom. The highest BCUT2D eigenvalue weighted by atomic mass is 32.2. The standard InChI is InChI=1S/C23H19N3O5S/c1-30-17-10-7-15(8-11-17)21(27)14-32-23-24-18-13-16(26(28)29)9-12-19(18)25(23)20-5-3-4-6-22(20)31-2/h3-13H,14H2,1-2H3. The van der Waals surface area contributed by atoms with Crippen molar-refractivity contribution in [1.29, 1.82) is 0 Å². The van der Waals surface area contributed by atoms with E-state index in [0.29, 0.717) is 33.3 Å². The number of non-ortho nitro benzene ring substituents is 1. The van der Waals surface area contributed by atoms with E-state index in [1.54, 1.807) is 44.6 Å². The van der Waals surface area contributed by atoms with Gasteiger partial charge in [0.2, 0.25) is 0 Å². The Morgan fingerprint density at radius 3 is 2.50 bits per heavy atom. The molecule has 0 aliphatic rings. The van der Waals surface area contributed by atoms with Gasteiger partial charge in [0.05, 0.1) is 41.6 Å². The van der Waals surface area contributed by atoms with Crippen molar-refractivity contribution < 1.29 is 19.2 Å². The number of imidazole rings is 1. The predicted molar refractivity (Wildman–Crippen MR) is 122 cm³/mol. The number of nitro groups is 1. The summed E-state index contributed by atoms with van der Waals surface area (Å²) in [6, 6.07) is 18.8. The summed E-state index contributed by atoms with van der Waals surface area (Å²) >= 11 is 1.26. The Bertz CT molecular complexity index is 1300. The molecular weight excluding hydrogens is 430 g/mol. The number of hydrogen-bond donors (Lipinski definition) is 0. The van der Waals surface area contributed by atoms with Gasteiger partial charge < -0.3 is 9.47 Å². The molecule has 0 amide bonds. The molecule has 4 aromatic rings. The number of rotatable bonds is 8. The molecule has 0 aliphatic carbocycles. The van der Waals surface area contributed by atoms with Crippen LogP contribution in [0.5, 0.6) is 11.5 Å². The highest BCUT2D eigenvalue weighted by molar-refractivity contribution is 7.99. The van der Waals surface area contributed by atoms with Crippen LogP contribution in [0.15, 0.2) is 71.9 Å². The average Bonchev–Trinajstić information content (AvgIpc) is 3.19. The van der Waals surface area contributed by atoms with Crippen LogP contribution in [0.3, 0.4) is 0 Å². The molecule has 1 aromatic heterocycles. The SMILES string of the molecule is COc1ccc(C(=O)CSc2nc3cc([N+](=O)[O-])ccc3n2-c2ccccc2OC)cc1. The lowest BCUT2D eigenvalue weighted by atomic mass is 10.1. The van der Waals surface area contributed by atoms with Crippen molar-refractivity contribution in [2.24, 2.45) is 0 Å². The largest absolute Gasteiger partial charge is 0.497 e. The molecule has 162 valence electrons. The number of nitro benzene ring substituents is 1. The van der Waals surface area contributed by atoms with Gasteiger partial charge in [-0.15, -0.1) is 0 Å². The quantitative estimate of drug-likeness (QED) is 0.163. The van der Waals surface area contributed by atoms with Crippen LogP contribution < -0.4 is 9.47 Å². The topological polar surface area (TPSA) is 96.5 Å². The zero-order valence-electron chi connectivity index (χ0n) is 17.3. The minimum atomic E-state index is -0.457. The summed E-state index contributed by atoms with van der Waals surface area (Å²) < 4.78 is 12.5. The van der Waals surface area contributed by atoms with Gasteiger partial charge in [-0.1, -0.05) is 23.9 Å². The molecule has 0 spiro atoms. The Balaban J connectivity index is 1.73. The number of ketones is 1. The number of aromatic nitrogens is 2. The van der Waals surface area contributed by atoms with E-state index in [1.165, 1.54) is 23.9 Å². The first-order chi connectivity index (χ1) is 15.5. The third-order valence-corrected chi connectivity index (χ3v) is 5.83. The summed E-state index contributed by atoms with van der Waals surface area (Å²) in [6.45, 7) is 0. The minimum absolute atomic E-state index is 0.0481. The van der Waals surface area contributed by atoms with Gasteiger partial charge in [0.25, 0.3) is 5.69 Å². The molecule has 0 bridgehead atoms. The van der Waals surface area contributed by atoms with Gasteiger partial charge in [-0.25, -0.2) is 4.98 Å². The van der Waals surface area contributed by atoms with E-state index < -0.39 is 4.92 Å².